The summed E-state index contributed by atoms with van der Waals surface area (Å²) >= 11 is 1.52. The number of aromatic nitrogens is 2. The van der Waals surface area contributed by atoms with E-state index in [0.717, 1.165) is 0 Å². The molecule has 1 unspecified atom stereocenters. The number of methoxy groups -OCH3 is 3. The number of nitrogens with zero attached hydrogens (tertiary/aromatic N) is 2. The van der Waals surface area contributed by atoms with E-state index in [4.69, 9.17) is 18.6 Å². The van der Waals surface area contributed by atoms with Crippen LogP contribution in [0.4, 0.5) is 0 Å². The van der Waals surface area contributed by atoms with Crippen molar-refractivity contribution in [2.24, 2.45) is 0 Å². The SMILES string of the molecule is COc1cc(-c2nnc(SC(c3ccccc3)c3ccccc3C)o2)cc(OC)c1OC. The predicted octanol–water partition coefficient (Wildman–Crippen LogP) is 5.95. The Morgan fingerprint density at radius 1 is 0.812 bits per heavy atom. The number of hydrogen-bond donors (Lipinski definition) is 0. The molecule has 164 valence electrons. The number of ether oxygens (including phenoxy) is 3. The van der Waals surface area contributed by atoms with E-state index in [0.29, 0.717) is 33.9 Å². The zero-order chi connectivity index (χ0) is 22.5. The summed E-state index contributed by atoms with van der Waals surface area (Å²) in [7, 11) is 4.71. The van der Waals surface area contributed by atoms with Crippen LogP contribution in [0.3, 0.4) is 0 Å². The molecule has 4 aromatic rings. The van der Waals surface area contributed by atoms with E-state index < -0.39 is 0 Å². The highest BCUT2D eigenvalue weighted by Crippen LogP contribution is 2.44. The average molecular weight is 449 g/mol. The van der Waals surface area contributed by atoms with Crippen LogP contribution in [0.15, 0.2) is 76.4 Å². The molecule has 0 aliphatic heterocycles. The molecular formula is C25H24N2O4S. The van der Waals surface area contributed by atoms with Gasteiger partial charge in [-0.05, 0) is 35.7 Å². The molecule has 32 heavy (non-hydrogen) atoms. The van der Waals surface area contributed by atoms with E-state index in [1.807, 2.05) is 30.3 Å². The second-order valence-electron chi connectivity index (χ2n) is 7.05. The van der Waals surface area contributed by atoms with Crippen molar-refractivity contribution in [3.05, 3.63) is 83.4 Å². The van der Waals surface area contributed by atoms with Crippen LogP contribution in [0.25, 0.3) is 11.5 Å². The van der Waals surface area contributed by atoms with Crippen molar-refractivity contribution < 1.29 is 18.6 Å². The normalized spacial score (nSPS) is 11.8. The standard InChI is InChI=1S/C25H24N2O4S/c1-16-10-8-9-13-19(16)23(17-11-6-5-7-12-17)32-25-27-26-24(31-25)18-14-20(28-2)22(30-4)21(15-18)29-3/h5-15,23H,1-4H3. The van der Waals surface area contributed by atoms with E-state index >= 15 is 0 Å². The van der Waals surface area contributed by atoms with Crippen molar-refractivity contribution in [3.8, 4) is 28.7 Å². The number of thioether (sulfide) groups is 1. The van der Waals surface area contributed by atoms with Gasteiger partial charge in [0.25, 0.3) is 5.22 Å². The first-order valence-electron chi connectivity index (χ1n) is 10.1. The van der Waals surface area contributed by atoms with Gasteiger partial charge in [0.05, 0.1) is 26.6 Å². The van der Waals surface area contributed by atoms with Crippen molar-refractivity contribution >= 4 is 11.8 Å². The first-order valence-corrected chi connectivity index (χ1v) is 10.9. The molecule has 1 atom stereocenters. The van der Waals surface area contributed by atoms with E-state index in [-0.39, 0.29) is 5.25 Å². The Bertz CT molecular complexity index is 1170. The van der Waals surface area contributed by atoms with Gasteiger partial charge in [-0.15, -0.1) is 10.2 Å². The Morgan fingerprint density at radius 3 is 2.09 bits per heavy atom. The van der Waals surface area contributed by atoms with Gasteiger partial charge in [-0.2, -0.15) is 0 Å². The molecule has 0 N–H and O–H groups in total. The second-order valence-corrected chi connectivity index (χ2v) is 8.11. The van der Waals surface area contributed by atoms with Crippen LogP contribution < -0.4 is 14.2 Å². The summed E-state index contributed by atoms with van der Waals surface area (Å²) in [6.07, 6.45) is 0. The van der Waals surface area contributed by atoms with E-state index in [2.05, 4.69) is 41.4 Å². The highest BCUT2D eigenvalue weighted by Gasteiger charge is 2.22. The lowest BCUT2D eigenvalue weighted by atomic mass is 10.0. The van der Waals surface area contributed by atoms with Gasteiger partial charge in [0.1, 0.15) is 0 Å². The van der Waals surface area contributed by atoms with E-state index in [1.54, 1.807) is 33.5 Å². The van der Waals surface area contributed by atoms with Gasteiger partial charge in [-0.1, -0.05) is 66.4 Å². The molecule has 1 heterocycles. The molecule has 0 aliphatic carbocycles. The molecule has 0 saturated carbocycles. The number of rotatable bonds is 8. The molecule has 3 aromatic carbocycles. The summed E-state index contributed by atoms with van der Waals surface area (Å²) < 4.78 is 22.3. The summed E-state index contributed by atoms with van der Waals surface area (Å²) in [5, 5.41) is 9.06. The summed E-state index contributed by atoms with van der Waals surface area (Å²) in [6.45, 7) is 2.11. The zero-order valence-electron chi connectivity index (χ0n) is 18.4. The highest BCUT2D eigenvalue weighted by molar-refractivity contribution is 7.99. The van der Waals surface area contributed by atoms with Gasteiger partial charge in [0.15, 0.2) is 11.5 Å². The van der Waals surface area contributed by atoms with Crippen molar-refractivity contribution in [1.82, 2.24) is 10.2 Å². The maximum atomic E-state index is 6.04. The minimum atomic E-state index is 0.0191. The molecule has 0 amide bonds. The van der Waals surface area contributed by atoms with Crippen LogP contribution in [-0.4, -0.2) is 31.5 Å². The minimum absolute atomic E-state index is 0.0191. The minimum Gasteiger partial charge on any atom is -0.493 e. The predicted molar refractivity (Wildman–Crippen MR) is 125 cm³/mol. The molecule has 0 saturated heterocycles. The van der Waals surface area contributed by atoms with E-state index in [1.165, 1.54) is 28.5 Å². The third kappa shape index (κ3) is 4.43. The molecule has 0 fully saturated rings. The largest absolute Gasteiger partial charge is 0.493 e. The van der Waals surface area contributed by atoms with Gasteiger partial charge < -0.3 is 18.6 Å². The Balaban J connectivity index is 1.69. The summed E-state index contributed by atoms with van der Waals surface area (Å²) in [5.74, 6) is 1.94. The summed E-state index contributed by atoms with van der Waals surface area (Å²) in [4.78, 5) is 0. The van der Waals surface area contributed by atoms with Gasteiger partial charge in [-0.25, -0.2) is 0 Å². The molecule has 6 nitrogen and oxygen atoms in total. The number of benzene rings is 3. The first kappa shape index (κ1) is 21.8. The third-order valence-electron chi connectivity index (χ3n) is 5.11. The van der Waals surface area contributed by atoms with Gasteiger partial charge in [0.2, 0.25) is 11.6 Å². The smallest absolute Gasteiger partial charge is 0.277 e. The molecule has 7 heteroatoms. The van der Waals surface area contributed by atoms with Crippen LogP contribution in [0.5, 0.6) is 17.2 Å². The Morgan fingerprint density at radius 2 is 1.47 bits per heavy atom. The molecule has 0 radical (unpaired) electrons. The highest BCUT2D eigenvalue weighted by atomic mass is 32.2. The Kier molecular flexibility index (Phi) is 6.66. The number of aryl methyl sites for hydroxylation is 1. The van der Waals surface area contributed by atoms with E-state index in [9.17, 15) is 0 Å². The maximum absolute atomic E-state index is 6.04. The van der Waals surface area contributed by atoms with Crippen molar-refractivity contribution in [1.29, 1.82) is 0 Å². The fourth-order valence-electron chi connectivity index (χ4n) is 3.50. The lowest BCUT2D eigenvalue weighted by Crippen LogP contribution is -1.99. The number of hydrogen-bond acceptors (Lipinski definition) is 7. The fraction of sp³-hybridized carbons (Fsp3) is 0.200. The van der Waals surface area contributed by atoms with Gasteiger partial charge in [-0.3, -0.25) is 0 Å². The Hall–Kier alpha value is -3.45. The molecular weight excluding hydrogens is 424 g/mol. The van der Waals surface area contributed by atoms with Crippen LogP contribution >= 0.6 is 11.8 Å². The zero-order valence-corrected chi connectivity index (χ0v) is 19.2. The van der Waals surface area contributed by atoms with Crippen LogP contribution in [-0.2, 0) is 0 Å². The third-order valence-corrected chi connectivity index (χ3v) is 6.24. The maximum Gasteiger partial charge on any atom is 0.277 e. The molecule has 4 rings (SSSR count). The molecule has 0 spiro atoms. The van der Waals surface area contributed by atoms with Gasteiger partial charge >= 0.3 is 0 Å². The summed E-state index contributed by atoms with van der Waals surface area (Å²) in [6, 6.07) is 22.2. The monoisotopic (exact) mass is 448 g/mol. The molecule has 0 aliphatic rings. The second kappa shape index (κ2) is 9.78. The quantitative estimate of drug-likeness (QED) is 0.308. The topological polar surface area (TPSA) is 66.6 Å². The molecule has 0 bridgehead atoms. The van der Waals surface area contributed by atoms with Gasteiger partial charge in [0, 0.05) is 5.56 Å². The lowest BCUT2D eigenvalue weighted by molar-refractivity contribution is 0.324. The van der Waals surface area contributed by atoms with Crippen molar-refractivity contribution in [2.75, 3.05) is 21.3 Å². The van der Waals surface area contributed by atoms with Crippen LogP contribution in [0, 0.1) is 6.92 Å². The molecule has 1 aromatic heterocycles. The van der Waals surface area contributed by atoms with Crippen molar-refractivity contribution in [3.63, 3.8) is 0 Å². The summed E-state index contributed by atoms with van der Waals surface area (Å²) in [5.41, 5.74) is 4.26. The first-order chi connectivity index (χ1) is 15.6. The van der Waals surface area contributed by atoms with Crippen LogP contribution in [0.2, 0.25) is 0 Å². The Labute approximate surface area is 191 Å². The average Bonchev–Trinajstić information content (AvgIpc) is 3.31. The lowest BCUT2D eigenvalue weighted by Gasteiger charge is -2.17. The van der Waals surface area contributed by atoms with Crippen molar-refractivity contribution in [2.45, 2.75) is 17.4 Å². The fourth-order valence-corrected chi connectivity index (χ4v) is 4.60. The van der Waals surface area contributed by atoms with Crippen LogP contribution in [0.1, 0.15) is 21.9 Å².